The van der Waals surface area contributed by atoms with E-state index < -0.39 is 0 Å². The lowest BCUT2D eigenvalue weighted by Crippen LogP contribution is -2.27. The van der Waals surface area contributed by atoms with Gasteiger partial charge >= 0.3 is 0 Å². The Kier molecular flexibility index (Phi) is 4.63. The molecule has 2 N–H and O–H groups in total. The zero-order chi connectivity index (χ0) is 13.7. The SMILES string of the molecule is CC(NCC(c1ccccc1)C(C)C)c1nn[nH]n1. The molecule has 0 fully saturated rings. The standard InChI is InChI=1S/C14H21N5/c1-10(2)13(12-7-5-4-6-8-12)9-15-11(3)14-16-18-19-17-14/h4-8,10-11,13,15H,9H2,1-3H3,(H,16,17,18,19). The molecule has 0 saturated heterocycles. The molecule has 0 aliphatic carbocycles. The van der Waals surface area contributed by atoms with E-state index >= 15 is 0 Å². The van der Waals surface area contributed by atoms with Crippen LogP contribution in [0.5, 0.6) is 0 Å². The molecule has 0 amide bonds. The van der Waals surface area contributed by atoms with Crippen molar-refractivity contribution >= 4 is 0 Å². The number of hydrogen-bond acceptors (Lipinski definition) is 4. The smallest absolute Gasteiger partial charge is 0.191 e. The summed E-state index contributed by atoms with van der Waals surface area (Å²) in [6.07, 6.45) is 0. The summed E-state index contributed by atoms with van der Waals surface area (Å²) >= 11 is 0. The Labute approximate surface area is 113 Å². The number of aromatic nitrogens is 4. The molecule has 5 heteroatoms. The van der Waals surface area contributed by atoms with Crippen LogP contribution in [0.25, 0.3) is 0 Å². The van der Waals surface area contributed by atoms with Crippen molar-refractivity contribution in [2.75, 3.05) is 6.54 Å². The largest absolute Gasteiger partial charge is 0.307 e. The van der Waals surface area contributed by atoms with Gasteiger partial charge < -0.3 is 5.32 Å². The third-order valence-electron chi connectivity index (χ3n) is 3.43. The molecule has 0 radical (unpaired) electrons. The topological polar surface area (TPSA) is 66.5 Å². The van der Waals surface area contributed by atoms with Crippen LogP contribution >= 0.6 is 0 Å². The highest BCUT2D eigenvalue weighted by Gasteiger charge is 2.18. The predicted octanol–water partition coefficient (Wildman–Crippen LogP) is 2.29. The summed E-state index contributed by atoms with van der Waals surface area (Å²) < 4.78 is 0. The van der Waals surface area contributed by atoms with E-state index in [0.29, 0.717) is 17.7 Å². The second kappa shape index (κ2) is 6.43. The molecular weight excluding hydrogens is 238 g/mol. The third kappa shape index (κ3) is 3.61. The quantitative estimate of drug-likeness (QED) is 0.835. The summed E-state index contributed by atoms with van der Waals surface area (Å²) in [6, 6.07) is 10.7. The van der Waals surface area contributed by atoms with E-state index in [9.17, 15) is 0 Å². The van der Waals surface area contributed by atoms with Crippen LogP contribution in [0.4, 0.5) is 0 Å². The maximum Gasteiger partial charge on any atom is 0.191 e. The molecule has 1 aromatic heterocycles. The number of nitrogens with zero attached hydrogens (tertiary/aromatic N) is 3. The lowest BCUT2D eigenvalue weighted by atomic mass is 9.88. The van der Waals surface area contributed by atoms with Crippen LogP contribution in [-0.2, 0) is 0 Å². The fraction of sp³-hybridized carbons (Fsp3) is 0.500. The molecule has 0 aliphatic heterocycles. The Hall–Kier alpha value is -1.75. The lowest BCUT2D eigenvalue weighted by Gasteiger charge is -2.23. The zero-order valence-corrected chi connectivity index (χ0v) is 11.7. The van der Waals surface area contributed by atoms with Gasteiger partial charge in [-0.2, -0.15) is 5.21 Å². The second-order valence-corrected chi connectivity index (χ2v) is 5.16. The summed E-state index contributed by atoms with van der Waals surface area (Å²) in [5.41, 5.74) is 1.37. The van der Waals surface area contributed by atoms with Crippen LogP contribution in [0, 0.1) is 5.92 Å². The van der Waals surface area contributed by atoms with Crippen molar-refractivity contribution in [1.82, 2.24) is 25.9 Å². The molecule has 0 spiro atoms. The van der Waals surface area contributed by atoms with Gasteiger partial charge in [-0.15, -0.1) is 10.2 Å². The van der Waals surface area contributed by atoms with E-state index in [-0.39, 0.29) is 6.04 Å². The molecule has 0 saturated carbocycles. The van der Waals surface area contributed by atoms with Gasteiger partial charge in [-0.3, -0.25) is 0 Å². The van der Waals surface area contributed by atoms with E-state index in [1.54, 1.807) is 0 Å². The molecule has 102 valence electrons. The highest BCUT2D eigenvalue weighted by Crippen LogP contribution is 2.24. The minimum absolute atomic E-state index is 0.101. The van der Waals surface area contributed by atoms with Crippen molar-refractivity contribution in [1.29, 1.82) is 0 Å². The number of H-pyrrole nitrogens is 1. The number of rotatable bonds is 6. The predicted molar refractivity (Wildman–Crippen MR) is 74.6 cm³/mol. The van der Waals surface area contributed by atoms with Gasteiger partial charge in [-0.05, 0) is 24.3 Å². The molecule has 2 rings (SSSR count). The zero-order valence-electron chi connectivity index (χ0n) is 11.7. The monoisotopic (exact) mass is 259 g/mol. The first-order chi connectivity index (χ1) is 9.18. The number of tetrazole rings is 1. The average molecular weight is 259 g/mol. The summed E-state index contributed by atoms with van der Waals surface area (Å²) in [6.45, 7) is 7.45. The molecule has 2 aromatic rings. The van der Waals surface area contributed by atoms with Gasteiger partial charge in [-0.25, -0.2) is 0 Å². The summed E-state index contributed by atoms with van der Waals surface area (Å²) in [4.78, 5) is 0. The first-order valence-corrected chi connectivity index (χ1v) is 6.70. The van der Waals surface area contributed by atoms with Crippen molar-refractivity contribution in [3.05, 3.63) is 41.7 Å². The van der Waals surface area contributed by atoms with Crippen molar-refractivity contribution in [3.8, 4) is 0 Å². The minimum atomic E-state index is 0.101. The van der Waals surface area contributed by atoms with Gasteiger partial charge in [0, 0.05) is 6.54 Å². The maximum absolute atomic E-state index is 4.00. The Morgan fingerprint density at radius 3 is 2.47 bits per heavy atom. The van der Waals surface area contributed by atoms with E-state index in [0.717, 1.165) is 6.54 Å². The highest BCUT2D eigenvalue weighted by atomic mass is 15.5. The van der Waals surface area contributed by atoms with E-state index in [2.05, 4.69) is 70.1 Å². The Balaban J connectivity index is 1.98. The Bertz CT molecular complexity index is 466. The fourth-order valence-electron chi connectivity index (χ4n) is 2.19. The lowest BCUT2D eigenvalue weighted by molar-refractivity contribution is 0.429. The second-order valence-electron chi connectivity index (χ2n) is 5.16. The Morgan fingerprint density at radius 2 is 1.89 bits per heavy atom. The molecule has 1 heterocycles. The highest BCUT2D eigenvalue weighted by molar-refractivity contribution is 5.20. The molecule has 0 aliphatic rings. The Morgan fingerprint density at radius 1 is 1.16 bits per heavy atom. The number of aromatic amines is 1. The summed E-state index contributed by atoms with van der Waals surface area (Å²) in [5, 5.41) is 17.6. The normalized spacial score (nSPS) is 14.5. The van der Waals surface area contributed by atoms with Gasteiger partial charge in [0.15, 0.2) is 5.82 Å². The molecule has 1 aromatic carbocycles. The van der Waals surface area contributed by atoms with Crippen LogP contribution in [-0.4, -0.2) is 27.2 Å². The minimum Gasteiger partial charge on any atom is -0.307 e. The third-order valence-corrected chi connectivity index (χ3v) is 3.43. The first-order valence-electron chi connectivity index (χ1n) is 6.70. The first kappa shape index (κ1) is 13.7. The molecule has 0 bridgehead atoms. The molecule has 19 heavy (non-hydrogen) atoms. The summed E-state index contributed by atoms with van der Waals surface area (Å²) in [7, 11) is 0. The van der Waals surface area contributed by atoms with Crippen LogP contribution in [0.1, 0.15) is 44.1 Å². The van der Waals surface area contributed by atoms with Gasteiger partial charge in [-0.1, -0.05) is 49.4 Å². The van der Waals surface area contributed by atoms with Crippen molar-refractivity contribution < 1.29 is 0 Å². The average Bonchev–Trinajstić information content (AvgIpc) is 2.93. The van der Waals surface area contributed by atoms with Crippen molar-refractivity contribution in [2.45, 2.75) is 32.7 Å². The van der Waals surface area contributed by atoms with Gasteiger partial charge in [0.2, 0.25) is 0 Å². The molecule has 2 unspecified atom stereocenters. The van der Waals surface area contributed by atoms with Gasteiger partial charge in [0.25, 0.3) is 0 Å². The van der Waals surface area contributed by atoms with Gasteiger partial charge in [0.05, 0.1) is 6.04 Å². The van der Waals surface area contributed by atoms with Gasteiger partial charge in [0.1, 0.15) is 0 Å². The van der Waals surface area contributed by atoms with Crippen LogP contribution in [0.2, 0.25) is 0 Å². The van der Waals surface area contributed by atoms with Crippen LogP contribution in [0.3, 0.4) is 0 Å². The van der Waals surface area contributed by atoms with E-state index in [4.69, 9.17) is 0 Å². The number of hydrogen-bond donors (Lipinski definition) is 2. The molecule has 5 nitrogen and oxygen atoms in total. The number of nitrogens with one attached hydrogen (secondary N) is 2. The van der Waals surface area contributed by atoms with Crippen molar-refractivity contribution in [2.24, 2.45) is 5.92 Å². The van der Waals surface area contributed by atoms with Crippen molar-refractivity contribution in [3.63, 3.8) is 0 Å². The van der Waals surface area contributed by atoms with E-state index in [1.807, 2.05) is 6.92 Å². The molecular formula is C14H21N5. The fourth-order valence-corrected chi connectivity index (χ4v) is 2.19. The summed E-state index contributed by atoms with van der Waals surface area (Å²) in [5.74, 6) is 1.76. The molecule has 2 atom stereocenters. The van der Waals surface area contributed by atoms with Crippen LogP contribution in [0.15, 0.2) is 30.3 Å². The van der Waals surface area contributed by atoms with Crippen LogP contribution < -0.4 is 5.32 Å². The number of benzene rings is 1. The van der Waals surface area contributed by atoms with E-state index in [1.165, 1.54) is 5.56 Å². The maximum atomic E-state index is 4.00.